The molecule has 0 saturated carbocycles. The van der Waals surface area contributed by atoms with E-state index in [9.17, 15) is 10.0 Å². The zero-order chi connectivity index (χ0) is 15.4. The highest BCUT2D eigenvalue weighted by Gasteiger charge is 2.13. The van der Waals surface area contributed by atoms with Gasteiger partial charge in [-0.15, -0.1) is 10.2 Å². The molecule has 1 aromatic heterocycles. The highest BCUT2D eigenvalue weighted by Crippen LogP contribution is 2.15. The molecule has 0 fully saturated rings. The molecular formula is C15H16N4O2. The van der Waals surface area contributed by atoms with Crippen LogP contribution < -0.4 is 5.49 Å². The Morgan fingerprint density at radius 2 is 1.76 bits per heavy atom. The highest BCUT2D eigenvalue weighted by atomic mass is 16.5. The Morgan fingerprint density at radius 1 is 1.10 bits per heavy atom. The molecule has 1 N–H and O–H groups in total. The van der Waals surface area contributed by atoms with Crippen LogP contribution in [0.4, 0.5) is 0 Å². The Bertz CT molecular complexity index is 764. The van der Waals surface area contributed by atoms with Gasteiger partial charge in [0.25, 0.3) is 0 Å². The molecule has 0 saturated heterocycles. The largest absolute Gasteiger partial charge is 0.427 e. The first-order valence-corrected chi connectivity index (χ1v) is 6.42. The fourth-order valence-corrected chi connectivity index (χ4v) is 1.73. The summed E-state index contributed by atoms with van der Waals surface area (Å²) in [6, 6.07) is 5.03. The van der Waals surface area contributed by atoms with Crippen molar-refractivity contribution in [3.63, 3.8) is 0 Å². The fourth-order valence-electron chi connectivity index (χ4n) is 1.73. The van der Waals surface area contributed by atoms with Crippen LogP contribution in [-0.2, 0) is 4.79 Å². The van der Waals surface area contributed by atoms with Crippen molar-refractivity contribution < 1.29 is 10.0 Å². The highest BCUT2D eigenvalue weighted by molar-refractivity contribution is 6.52. The second-order valence-electron chi connectivity index (χ2n) is 4.66. The second-order valence-corrected chi connectivity index (χ2v) is 4.66. The van der Waals surface area contributed by atoms with E-state index in [-0.39, 0.29) is 11.4 Å². The topological polar surface area (TPSA) is 79.3 Å². The van der Waals surface area contributed by atoms with E-state index in [1.807, 2.05) is 19.9 Å². The summed E-state index contributed by atoms with van der Waals surface area (Å²) >= 11 is 0. The number of pyridine rings is 1. The van der Waals surface area contributed by atoms with Crippen LogP contribution in [-0.4, -0.2) is 27.3 Å². The van der Waals surface area contributed by atoms with E-state index >= 15 is 0 Å². The molecule has 0 atom stereocenters. The third-order valence-corrected chi connectivity index (χ3v) is 2.95. The van der Waals surface area contributed by atoms with Gasteiger partial charge >= 0.3 is 0 Å². The molecule has 1 aliphatic carbocycles. The van der Waals surface area contributed by atoms with E-state index in [1.54, 1.807) is 24.3 Å². The van der Waals surface area contributed by atoms with Gasteiger partial charge in [0.15, 0.2) is 5.49 Å². The molecule has 21 heavy (non-hydrogen) atoms. The number of carbonyl (C=O) groups excluding carboxylic acids is 1. The zero-order valence-electron chi connectivity index (χ0n) is 12.1. The lowest BCUT2D eigenvalue weighted by atomic mass is 9.98. The van der Waals surface area contributed by atoms with Crippen molar-refractivity contribution in [1.82, 2.24) is 4.73 Å². The van der Waals surface area contributed by atoms with Crippen LogP contribution in [0.15, 0.2) is 62.9 Å². The lowest BCUT2D eigenvalue weighted by Gasteiger charge is -2.11. The molecule has 6 nitrogen and oxygen atoms in total. The molecule has 0 spiro atoms. The summed E-state index contributed by atoms with van der Waals surface area (Å²) in [6.07, 6.45) is 5.06. The van der Waals surface area contributed by atoms with Crippen molar-refractivity contribution in [2.24, 2.45) is 15.2 Å². The van der Waals surface area contributed by atoms with Crippen molar-refractivity contribution in [2.45, 2.75) is 20.8 Å². The van der Waals surface area contributed by atoms with Crippen molar-refractivity contribution in [1.29, 1.82) is 0 Å². The number of rotatable bonds is 1. The molecule has 0 aliphatic heterocycles. The standard InChI is InChI=1S/C15H16N4O2/c1-10-8-13(16-12(3)20)14(9-11(10)2)17-18-15-6-4-5-7-19(15)21/h4-9,21H,1-3H3/b16-13?,17-14+,18-15-. The van der Waals surface area contributed by atoms with E-state index in [0.717, 1.165) is 15.9 Å². The summed E-state index contributed by atoms with van der Waals surface area (Å²) in [6.45, 7) is 5.27. The minimum atomic E-state index is -0.299. The van der Waals surface area contributed by atoms with E-state index in [4.69, 9.17) is 0 Å². The molecule has 6 heteroatoms. The normalized spacial score (nSPS) is 19.7. The van der Waals surface area contributed by atoms with Crippen LogP contribution in [0, 0.1) is 0 Å². The lowest BCUT2D eigenvalue weighted by Crippen LogP contribution is -2.19. The van der Waals surface area contributed by atoms with Crippen molar-refractivity contribution >= 4 is 17.3 Å². The predicted octanol–water partition coefficient (Wildman–Crippen LogP) is 1.88. The third kappa shape index (κ3) is 3.62. The molecule has 0 radical (unpaired) electrons. The maximum absolute atomic E-state index is 11.2. The first-order valence-electron chi connectivity index (χ1n) is 6.42. The van der Waals surface area contributed by atoms with Crippen molar-refractivity contribution in [2.75, 3.05) is 0 Å². The molecule has 1 amide bonds. The van der Waals surface area contributed by atoms with E-state index in [0.29, 0.717) is 11.4 Å². The quantitative estimate of drug-likeness (QED) is 0.485. The van der Waals surface area contributed by atoms with Gasteiger partial charge in [-0.25, -0.2) is 4.99 Å². The van der Waals surface area contributed by atoms with Gasteiger partial charge in [-0.1, -0.05) is 6.07 Å². The van der Waals surface area contributed by atoms with E-state index < -0.39 is 0 Å². The number of aromatic nitrogens is 1. The average molecular weight is 284 g/mol. The van der Waals surface area contributed by atoms with Gasteiger partial charge in [0.1, 0.15) is 5.71 Å². The van der Waals surface area contributed by atoms with Gasteiger partial charge in [-0.3, -0.25) is 4.79 Å². The maximum Gasteiger partial charge on any atom is 0.243 e. The van der Waals surface area contributed by atoms with Crippen molar-refractivity contribution in [3.05, 3.63) is 53.2 Å². The number of nitrogens with zero attached hydrogens (tertiary/aromatic N) is 4. The smallest absolute Gasteiger partial charge is 0.243 e. The average Bonchev–Trinajstić information content (AvgIpc) is 2.42. The summed E-state index contributed by atoms with van der Waals surface area (Å²) < 4.78 is 0.867. The third-order valence-electron chi connectivity index (χ3n) is 2.95. The molecule has 2 rings (SSSR count). The second kappa shape index (κ2) is 6.13. The molecule has 1 aromatic rings. The van der Waals surface area contributed by atoms with Gasteiger partial charge in [-0.05, 0) is 49.3 Å². The van der Waals surface area contributed by atoms with Crippen LogP contribution in [0.2, 0.25) is 0 Å². The molecule has 108 valence electrons. The van der Waals surface area contributed by atoms with Gasteiger partial charge in [0.2, 0.25) is 5.91 Å². The molecule has 0 unspecified atom stereocenters. The summed E-state index contributed by atoms with van der Waals surface area (Å²) in [7, 11) is 0. The van der Waals surface area contributed by atoms with Gasteiger partial charge in [0.05, 0.1) is 5.71 Å². The Labute approximate surface area is 122 Å². The molecule has 1 heterocycles. The molecule has 0 bridgehead atoms. The van der Waals surface area contributed by atoms with Crippen molar-refractivity contribution in [3.8, 4) is 0 Å². The number of amides is 1. The number of hydrogen-bond donors (Lipinski definition) is 1. The van der Waals surface area contributed by atoms with E-state index in [2.05, 4.69) is 15.2 Å². The van der Waals surface area contributed by atoms with Crippen LogP contribution in [0.3, 0.4) is 0 Å². The zero-order valence-corrected chi connectivity index (χ0v) is 12.1. The van der Waals surface area contributed by atoms with Crippen LogP contribution in [0.5, 0.6) is 0 Å². The molecular weight excluding hydrogens is 268 g/mol. The summed E-state index contributed by atoms with van der Waals surface area (Å²) in [4.78, 5) is 15.1. The number of aliphatic imine (C=N–C) groups is 1. The summed E-state index contributed by atoms with van der Waals surface area (Å²) in [5, 5.41) is 17.7. The molecule has 0 aromatic carbocycles. The van der Waals surface area contributed by atoms with Gasteiger partial charge in [-0.2, -0.15) is 4.73 Å². The number of carbonyl (C=O) groups is 1. The Hall–Kier alpha value is -2.76. The Kier molecular flexibility index (Phi) is 4.27. The van der Waals surface area contributed by atoms with Gasteiger partial charge in [0, 0.05) is 13.1 Å². The fraction of sp³-hybridized carbons (Fsp3) is 0.200. The predicted molar refractivity (Wildman–Crippen MR) is 80.2 cm³/mol. The monoisotopic (exact) mass is 284 g/mol. The van der Waals surface area contributed by atoms with E-state index in [1.165, 1.54) is 13.1 Å². The molecule has 1 aliphatic rings. The minimum Gasteiger partial charge on any atom is -0.427 e. The Morgan fingerprint density at radius 3 is 2.38 bits per heavy atom. The summed E-state index contributed by atoms with van der Waals surface area (Å²) in [5.74, 6) is -0.299. The first-order chi connectivity index (χ1) is 9.97. The minimum absolute atomic E-state index is 0.282. The summed E-state index contributed by atoms with van der Waals surface area (Å²) in [5.41, 5.74) is 3.28. The van der Waals surface area contributed by atoms with Crippen LogP contribution in [0.1, 0.15) is 20.8 Å². The lowest BCUT2D eigenvalue weighted by molar-refractivity contribution is -0.115. The Balaban J connectivity index is 2.50. The SMILES string of the molecule is CC(=O)N=C1C=C(C)C(C)=C/C1=N\N=c1\ccccn1O. The van der Waals surface area contributed by atoms with Crippen LogP contribution in [0.25, 0.3) is 0 Å². The maximum atomic E-state index is 11.2. The number of allylic oxidation sites excluding steroid dienone is 4. The first kappa shape index (κ1) is 14.6. The number of hydrogen-bond acceptors (Lipinski definition) is 4. The van der Waals surface area contributed by atoms with Gasteiger partial charge < -0.3 is 5.21 Å². The van der Waals surface area contributed by atoms with Crippen LogP contribution >= 0.6 is 0 Å².